The van der Waals surface area contributed by atoms with Gasteiger partial charge < -0.3 is 0 Å². The van der Waals surface area contributed by atoms with Crippen molar-refractivity contribution in [1.82, 2.24) is 0 Å². The second kappa shape index (κ2) is 7.09. The fourth-order valence-electron chi connectivity index (χ4n) is 3.87. The number of nitrogens with zero attached hydrogens (tertiary/aromatic N) is 1. The molecule has 0 aliphatic carbocycles. The van der Waals surface area contributed by atoms with Crippen molar-refractivity contribution in [3.8, 4) is 11.3 Å². The molecule has 0 spiro atoms. The third-order valence-electron chi connectivity index (χ3n) is 7.09. The summed E-state index contributed by atoms with van der Waals surface area (Å²) in [6.07, 6.45) is 2.22. The highest BCUT2D eigenvalue weighted by Gasteiger charge is 2.37. The number of benzene rings is 2. The van der Waals surface area contributed by atoms with E-state index in [-0.39, 0.29) is 5.41 Å². The van der Waals surface area contributed by atoms with Gasteiger partial charge in [0.25, 0.3) is 0 Å². The van der Waals surface area contributed by atoms with E-state index in [0.717, 1.165) is 0 Å². The molecule has 0 saturated carbocycles. The average molecular weight is 405 g/mol. The summed E-state index contributed by atoms with van der Waals surface area (Å²) in [5, 5.41) is 4.56. The molecule has 1 heterocycles. The van der Waals surface area contributed by atoms with Crippen LogP contribution >= 0.6 is 0 Å². The smallest absolute Gasteiger partial charge is 0.200 e. The molecule has 0 bridgehead atoms. The number of rotatable bonds is 2. The number of aryl methyl sites for hydroxylation is 2. The summed E-state index contributed by atoms with van der Waals surface area (Å²) in [6.45, 7) is 21.3. The van der Waals surface area contributed by atoms with Crippen molar-refractivity contribution >= 4 is 24.0 Å². The minimum atomic E-state index is -1.56. The Bertz CT molecular complexity index is 1060. The molecule has 0 aliphatic heterocycles. The molecule has 2 heteroatoms. The van der Waals surface area contributed by atoms with Crippen LogP contribution in [0, 0.1) is 6.92 Å². The van der Waals surface area contributed by atoms with E-state index in [0.29, 0.717) is 5.04 Å². The monoisotopic (exact) mass is 404 g/mol. The minimum Gasteiger partial charge on any atom is -0.200 e. The van der Waals surface area contributed by atoms with Gasteiger partial charge in [0.1, 0.15) is 7.05 Å². The quantitative estimate of drug-likeness (QED) is 0.332. The van der Waals surface area contributed by atoms with Gasteiger partial charge in [-0.3, -0.25) is 0 Å². The third kappa shape index (κ3) is 3.92. The summed E-state index contributed by atoms with van der Waals surface area (Å²) < 4.78 is 2.28. The Labute approximate surface area is 178 Å². The fourth-order valence-corrected chi connectivity index (χ4v) is 5.76. The van der Waals surface area contributed by atoms with Crippen LogP contribution in [-0.2, 0) is 12.5 Å². The zero-order chi connectivity index (χ0) is 21.8. The van der Waals surface area contributed by atoms with Gasteiger partial charge in [0.2, 0.25) is 5.69 Å². The molecular formula is C27H38NSi+. The largest absolute Gasteiger partial charge is 0.220 e. The highest BCUT2D eigenvalue weighted by molar-refractivity contribution is 6.92. The Kier molecular flexibility index (Phi) is 5.32. The van der Waals surface area contributed by atoms with Gasteiger partial charge in [0.15, 0.2) is 6.20 Å². The predicted molar refractivity (Wildman–Crippen MR) is 131 cm³/mol. The SMILES string of the molecule is Cc1ccc(C(C)(C)C)cc1-c1c2ccc([Si](C)(C)C(C)(C)C)cc2cc[n+]1C. The molecule has 0 unspecified atom stereocenters. The van der Waals surface area contributed by atoms with E-state index in [1.165, 1.54) is 38.3 Å². The van der Waals surface area contributed by atoms with Crippen LogP contribution in [0.2, 0.25) is 18.1 Å². The topological polar surface area (TPSA) is 3.88 Å². The molecule has 0 amide bonds. The Morgan fingerprint density at radius 3 is 2.07 bits per heavy atom. The van der Waals surface area contributed by atoms with Gasteiger partial charge in [-0.15, -0.1) is 0 Å². The van der Waals surface area contributed by atoms with Crippen molar-refractivity contribution in [2.45, 2.75) is 72.0 Å². The van der Waals surface area contributed by atoms with Crippen LogP contribution < -0.4 is 9.75 Å². The first-order valence-electron chi connectivity index (χ1n) is 10.8. The highest BCUT2D eigenvalue weighted by Crippen LogP contribution is 2.37. The average Bonchev–Trinajstić information content (AvgIpc) is 2.60. The van der Waals surface area contributed by atoms with Gasteiger partial charge in [0, 0.05) is 11.6 Å². The molecule has 0 atom stereocenters. The van der Waals surface area contributed by atoms with Gasteiger partial charge >= 0.3 is 0 Å². The number of aromatic nitrogens is 1. The molecule has 0 fully saturated rings. The van der Waals surface area contributed by atoms with Gasteiger partial charge in [-0.25, -0.2) is 4.57 Å². The summed E-state index contributed by atoms with van der Waals surface area (Å²) in [5.41, 5.74) is 5.50. The first kappa shape index (κ1) is 21.8. The predicted octanol–water partition coefficient (Wildman–Crippen LogP) is 6.65. The summed E-state index contributed by atoms with van der Waals surface area (Å²) in [6, 6.07) is 16.4. The Morgan fingerprint density at radius 1 is 0.828 bits per heavy atom. The zero-order valence-electron chi connectivity index (χ0n) is 20.1. The molecule has 0 aliphatic rings. The molecule has 1 nitrogen and oxygen atoms in total. The second-order valence-electron chi connectivity index (χ2n) is 11.2. The maximum atomic E-state index is 2.50. The second-order valence-corrected chi connectivity index (χ2v) is 16.6. The normalized spacial score (nSPS) is 13.2. The lowest BCUT2D eigenvalue weighted by molar-refractivity contribution is -0.659. The number of pyridine rings is 1. The van der Waals surface area contributed by atoms with Gasteiger partial charge in [-0.1, -0.05) is 84.1 Å². The van der Waals surface area contributed by atoms with Crippen LogP contribution in [0.4, 0.5) is 0 Å². The van der Waals surface area contributed by atoms with E-state index in [9.17, 15) is 0 Å². The molecule has 2 aromatic carbocycles. The van der Waals surface area contributed by atoms with E-state index in [1.54, 1.807) is 0 Å². The zero-order valence-corrected chi connectivity index (χ0v) is 21.1. The third-order valence-corrected chi connectivity index (χ3v) is 12.6. The number of hydrogen-bond donors (Lipinski definition) is 0. The van der Waals surface area contributed by atoms with Gasteiger partial charge in [-0.2, -0.15) is 0 Å². The number of hydrogen-bond acceptors (Lipinski definition) is 0. The van der Waals surface area contributed by atoms with E-state index in [1.807, 2.05) is 0 Å². The lowest BCUT2D eigenvalue weighted by Crippen LogP contribution is -2.49. The molecule has 0 saturated heterocycles. The van der Waals surface area contributed by atoms with Crippen LogP contribution in [0.15, 0.2) is 48.7 Å². The van der Waals surface area contributed by atoms with E-state index in [2.05, 4.69) is 122 Å². The Balaban J connectivity index is 2.27. The van der Waals surface area contributed by atoms with Gasteiger partial charge in [0.05, 0.1) is 13.5 Å². The Hall–Kier alpha value is -1.93. The van der Waals surface area contributed by atoms with Crippen LogP contribution in [0.1, 0.15) is 52.7 Å². The molecule has 0 N–H and O–H groups in total. The highest BCUT2D eigenvalue weighted by atomic mass is 28.3. The first-order chi connectivity index (χ1) is 13.2. The molecule has 154 valence electrons. The molecule has 29 heavy (non-hydrogen) atoms. The lowest BCUT2D eigenvalue weighted by Gasteiger charge is -2.37. The molecular weight excluding hydrogens is 366 g/mol. The standard InChI is InChI=1S/C27H38NSi/c1-19-11-12-21(26(2,3)4)18-24(19)25-23-14-13-22(29(9,10)27(5,6)7)17-20(23)15-16-28(25)8/h11-18H,1-10H3/q+1. The van der Waals surface area contributed by atoms with Crippen molar-refractivity contribution in [3.05, 3.63) is 59.8 Å². The van der Waals surface area contributed by atoms with Crippen molar-refractivity contribution in [3.63, 3.8) is 0 Å². The molecule has 0 radical (unpaired) electrons. The van der Waals surface area contributed by atoms with E-state index < -0.39 is 8.07 Å². The van der Waals surface area contributed by atoms with Crippen molar-refractivity contribution in [2.24, 2.45) is 7.05 Å². The van der Waals surface area contributed by atoms with E-state index in [4.69, 9.17) is 0 Å². The van der Waals surface area contributed by atoms with Crippen LogP contribution in [0.3, 0.4) is 0 Å². The van der Waals surface area contributed by atoms with Crippen LogP contribution in [0.5, 0.6) is 0 Å². The summed E-state index contributed by atoms with van der Waals surface area (Å²) >= 11 is 0. The molecule has 3 rings (SSSR count). The van der Waals surface area contributed by atoms with Gasteiger partial charge in [-0.05, 0) is 46.0 Å². The molecule has 3 aromatic rings. The van der Waals surface area contributed by atoms with Crippen molar-refractivity contribution in [2.75, 3.05) is 0 Å². The van der Waals surface area contributed by atoms with Crippen molar-refractivity contribution < 1.29 is 4.57 Å². The van der Waals surface area contributed by atoms with E-state index >= 15 is 0 Å². The lowest BCUT2D eigenvalue weighted by atomic mass is 9.84. The summed E-state index contributed by atoms with van der Waals surface area (Å²) in [4.78, 5) is 0. The molecule has 1 aromatic heterocycles. The fraction of sp³-hybridized carbons (Fsp3) is 0.444. The minimum absolute atomic E-state index is 0.140. The maximum absolute atomic E-state index is 2.50. The number of fused-ring (bicyclic) bond motifs is 1. The summed E-state index contributed by atoms with van der Waals surface area (Å²) in [5.74, 6) is 0. The van der Waals surface area contributed by atoms with Crippen LogP contribution in [0.25, 0.3) is 22.0 Å². The maximum Gasteiger partial charge on any atom is 0.220 e. The summed E-state index contributed by atoms with van der Waals surface area (Å²) in [7, 11) is 0.606. The first-order valence-corrected chi connectivity index (χ1v) is 13.8. The van der Waals surface area contributed by atoms with Crippen LogP contribution in [-0.4, -0.2) is 8.07 Å². The van der Waals surface area contributed by atoms with Crippen molar-refractivity contribution in [1.29, 1.82) is 0 Å². The Morgan fingerprint density at radius 2 is 1.48 bits per heavy atom.